The van der Waals surface area contributed by atoms with Crippen LogP contribution in [0.3, 0.4) is 0 Å². The number of carbonyl (C=O) groups is 2. The normalized spacial score (nSPS) is 17.4. The maximum Gasteiger partial charge on any atom is 0.432 e. The molecule has 30 heavy (non-hydrogen) atoms. The summed E-state index contributed by atoms with van der Waals surface area (Å²) in [6.45, 7) is 0.422. The van der Waals surface area contributed by atoms with Gasteiger partial charge in [0.2, 0.25) is 0 Å². The first-order valence-corrected chi connectivity index (χ1v) is 10.3. The van der Waals surface area contributed by atoms with E-state index in [0.29, 0.717) is 24.3 Å². The monoisotopic (exact) mass is 436 g/mol. The number of H-pyrrole nitrogens is 1. The van der Waals surface area contributed by atoms with E-state index in [1.165, 1.54) is 11.3 Å². The molecule has 2 amide bonds. The molecule has 1 aromatic carbocycles. The van der Waals surface area contributed by atoms with Crippen LogP contribution in [0.4, 0.5) is 13.2 Å². The van der Waals surface area contributed by atoms with Crippen molar-refractivity contribution in [2.24, 2.45) is 5.73 Å². The number of aromatic amines is 1. The summed E-state index contributed by atoms with van der Waals surface area (Å²) in [6.07, 6.45) is -1.86. The van der Waals surface area contributed by atoms with Crippen LogP contribution in [0.15, 0.2) is 30.3 Å². The maximum atomic E-state index is 12.9. The standard InChI is InChI=1S/C20H19F3N4O2S/c21-20(22,23)16-10-14(25-26-16)19(29)27-8-4-3-5-11(27)9-13-12-6-1-2-7-15(12)30-17(13)18(24)28/h1-2,6-7,10-11H,3-5,8-9H2,(H2,24,28)(H,25,26)/t11-/m1/s1. The lowest BCUT2D eigenvalue weighted by atomic mass is 9.93. The zero-order valence-electron chi connectivity index (χ0n) is 15.8. The van der Waals surface area contributed by atoms with Crippen LogP contribution in [0, 0.1) is 0 Å². The van der Waals surface area contributed by atoms with Crippen LogP contribution in [0.1, 0.15) is 50.7 Å². The number of hydrogen-bond donors (Lipinski definition) is 2. The zero-order valence-corrected chi connectivity index (χ0v) is 16.6. The molecule has 10 heteroatoms. The molecule has 0 saturated carbocycles. The lowest BCUT2D eigenvalue weighted by Gasteiger charge is -2.35. The van der Waals surface area contributed by atoms with Crippen molar-refractivity contribution in [2.75, 3.05) is 6.54 Å². The van der Waals surface area contributed by atoms with Gasteiger partial charge in [0.15, 0.2) is 5.69 Å². The topological polar surface area (TPSA) is 92.1 Å². The molecule has 1 saturated heterocycles. The number of thiophene rings is 1. The number of carbonyl (C=O) groups excluding carboxylic acids is 2. The summed E-state index contributed by atoms with van der Waals surface area (Å²) >= 11 is 1.31. The highest BCUT2D eigenvalue weighted by Crippen LogP contribution is 2.34. The van der Waals surface area contributed by atoms with Gasteiger partial charge in [-0.15, -0.1) is 11.3 Å². The van der Waals surface area contributed by atoms with E-state index < -0.39 is 23.7 Å². The second kappa shape index (κ2) is 7.75. The molecule has 3 heterocycles. The third kappa shape index (κ3) is 3.79. The summed E-state index contributed by atoms with van der Waals surface area (Å²) in [4.78, 5) is 27.0. The summed E-state index contributed by atoms with van der Waals surface area (Å²) in [5, 5.41) is 6.38. The Morgan fingerprint density at radius 1 is 1.27 bits per heavy atom. The number of piperidine rings is 1. The average molecular weight is 436 g/mol. The van der Waals surface area contributed by atoms with Gasteiger partial charge < -0.3 is 10.6 Å². The van der Waals surface area contributed by atoms with Crippen LogP contribution in [-0.4, -0.2) is 39.5 Å². The first-order chi connectivity index (χ1) is 14.3. The highest BCUT2D eigenvalue weighted by atomic mass is 32.1. The van der Waals surface area contributed by atoms with E-state index in [-0.39, 0.29) is 11.7 Å². The second-order valence-corrected chi connectivity index (χ2v) is 8.34. The van der Waals surface area contributed by atoms with Crippen molar-refractivity contribution in [3.63, 3.8) is 0 Å². The maximum absolute atomic E-state index is 12.9. The molecule has 3 aromatic rings. The molecule has 3 N–H and O–H groups in total. The fraction of sp³-hybridized carbons (Fsp3) is 0.350. The number of hydrogen-bond acceptors (Lipinski definition) is 4. The highest BCUT2D eigenvalue weighted by Gasteiger charge is 2.36. The van der Waals surface area contributed by atoms with E-state index in [1.54, 1.807) is 4.90 Å². The van der Waals surface area contributed by atoms with Crippen LogP contribution in [-0.2, 0) is 12.6 Å². The van der Waals surface area contributed by atoms with Crippen molar-refractivity contribution < 1.29 is 22.8 Å². The largest absolute Gasteiger partial charge is 0.432 e. The van der Waals surface area contributed by atoms with Crippen LogP contribution < -0.4 is 5.73 Å². The third-order valence-electron chi connectivity index (χ3n) is 5.35. The van der Waals surface area contributed by atoms with Gasteiger partial charge in [0.1, 0.15) is 5.69 Å². The number of rotatable bonds is 4. The summed E-state index contributed by atoms with van der Waals surface area (Å²) < 4.78 is 39.5. The molecule has 0 unspecified atom stereocenters. The molecule has 1 aliphatic rings. The summed E-state index contributed by atoms with van der Waals surface area (Å²) in [6, 6.07) is 8.04. The summed E-state index contributed by atoms with van der Waals surface area (Å²) in [7, 11) is 0. The van der Waals surface area contributed by atoms with Crippen LogP contribution in [0.5, 0.6) is 0 Å². The van der Waals surface area contributed by atoms with E-state index in [2.05, 4.69) is 5.10 Å². The molecule has 1 aliphatic heterocycles. The molecule has 0 radical (unpaired) electrons. The van der Waals surface area contributed by atoms with Crippen molar-refractivity contribution in [2.45, 2.75) is 37.9 Å². The van der Waals surface area contributed by atoms with Gasteiger partial charge in [-0.05, 0) is 42.7 Å². The molecule has 4 rings (SSSR count). The molecule has 0 aliphatic carbocycles. The van der Waals surface area contributed by atoms with Crippen molar-refractivity contribution in [1.29, 1.82) is 0 Å². The zero-order chi connectivity index (χ0) is 21.5. The second-order valence-electron chi connectivity index (χ2n) is 7.29. The number of nitrogens with zero attached hydrogens (tertiary/aromatic N) is 2. The Balaban J connectivity index is 1.65. The van der Waals surface area contributed by atoms with E-state index in [0.717, 1.165) is 34.6 Å². The summed E-state index contributed by atoms with van der Waals surface area (Å²) in [5.74, 6) is -1.08. The Morgan fingerprint density at radius 2 is 2.03 bits per heavy atom. The van der Waals surface area contributed by atoms with E-state index >= 15 is 0 Å². The van der Waals surface area contributed by atoms with Crippen molar-refractivity contribution in [3.05, 3.63) is 52.2 Å². The first kappa shape index (κ1) is 20.4. The SMILES string of the molecule is NC(=O)c1sc2ccccc2c1C[C@H]1CCCCN1C(=O)c1cc(C(F)(F)F)[nH]n1. The average Bonchev–Trinajstić information content (AvgIpc) is 3.34. The molecule has 2 aromatic heterocycles. The van der Waals surface area contributed by atoms with E-state index in [9.17, 15) is 22.8 Å². The number of aromatic nitrogens is 2. The Bertz CT molecular complexity index is 1110. The lowest BCUT2D eigenvalue weighted by Crippen LogP contribution is -2.45. The predicted octanol–water partition coefficient (Wildman–Crippen LogP) is 3.98. The Kier molecular flexibility index (Phi) is 5.27. The number of fused-ring (bicyclic) bond motifs is 1. The number of likely N-dealkylation sites (tertiary alicyclic amines) is 1. The number of primary amides is 1. The number of nitrogens with one attached hydrogen (secondary N) is 1. The molecule has 1 fully saturated rings. The molecule has 0 spiro atoms. The number of halogens is 3. The molecular formula is C20H19F3N4O2S. The van der Waals surface area contributed by atoms with Crippen molar-refractivity contribution in [1.82, 2.24) is 15.1 Å². The van der Waals surface area contributed by atoms with Gasteiger partial charge >= 0.3 is 6.18 Å². The summed E-state index contributed by atoms with van der Waals surface area (Å²) in [5.41, 5.74) is 5.05. The van der Waals surface area contributed by atoms with Crippen LogP contribution in [0.25, 0.3) is 10.1 Å². The van der Waals surface area contributed by atoms with Crippen molar-refractivity contribution >= 4 is 33.2 Å². The van der Waals surface area contributed by atoms with Gasteiger partial charge in [0, 0.05) is 23.4 Å². The predicted molar refractivity (Wildman–Crippen MR) is 106 cm³/mol. The molecule has 1 atom stereocenters. The highest BCUT2D eigenvalue weighted by molar-refractivity contribution is 7.21. The van der Waals surface area contributed by atoms with Gasteiger partial charge in [0.05, 0.1) is 4.88 Å². The number of amides is 2. The van der Waals surface area contributed by atoms with Gasteiger partial charge in [-0.1, -0.05) is 18.2 Å². The van der Waals surface area contributed by atoms with Crippen LogP contribution >= 0.6 is 11.3 Å². The Hall–Kier alpha value is -2.88. The fourth-order valence-corrected chi connectivity index (χ4v) is 5.02. The van der Waals surface area contributed by atoms with E-state index in [1.807, 2.05) is 29.4 Å². The quantitative estimate of drug-likeness (QED) is 0.648. The smallest absolute Gasteiger partial charge is 0.365 e. The third-order valence-corrected chi connectivity index (χ3v) is 6.58. The Labute approximate surface area is 173 Å². The minimum atomic E-state index is -4.60. The number of alkyl halides is 3. The number of nitrogens with two attached hydrogens (primary N) is 1. The molecule has 158 valence electrons. The minimum absolute atomic E-state index is 0.256. The lowest BCUT2D eigenvalue weighted by molar-refractivity contribution is -0.141. The van der Waals surface area contributed by atoms with E-state index in [4.69, 9.17) is 5.73 Å². The first-order valence-electron chi connectivity index (χ1n) is 9.49. The van der Waals surface area contributed by atoms with Crippen LogP contribution in [0.2, 0.25) is 0 Å². The van der Waals surface area contributed by atoms with Gasteiger partial charge in [-0.2, -0.15) is 18.3 Å². The van der Waals surface area contributed by atoms with Gasteiger partial charge in [-0.25, -0.2) is 0 Å². The van der Waals surface area contributed by atoms with Gasteiger partial charge in [-0.3, -0.25) is 14.7 Å². The van der Waals surface area contributed by atoms with Crippen molar-refractivity contribution in [3.8, 4) is 0 Å². The van der Waals surface area contributed by atoms with Gasteiger partial charge in [0.25, 0.3) is 11.8 Å². The minimum Gasteiger partial charge on any atom is -0.365 e. The molecule has 0 bridgehead atoms. The fourth-order valence-electron chi connectivity index (χ4n) is 3.94. The molecule has 6 nitrogen and oxygen atoms in total. The number of benzene rings is 1. The Morgan fingerprint density at radius 3 is 2.73 bits per heavy atom. The molecular weight excluding hydrogens is 417 g/mol.